The zero-order valence-electron chi connectivity index (χ0n) is 16.3. The lowest BCUT2D eigenvalue weighted by Crippen LogP contribution is -2.30. The maximum absolute atomic E-state index is 13.4. The summed E-state index contributed by atoms with van der Waals surface area (Å²) < 4.78 is 2.30. The third-order valence-electron chi connectivity index (χ3n) is 4.95. The Bertz CT molecular complexity index is 1510. The predicted molar refractivity (Wildman–Crippen MR) is 121 cm³/mol. The van der Waals surface area contributed by atoms with Gasteiger partial charge in [-0.3, -0.25) is 9.36 Å². The molecule has 5 heteroatoms. The van der Waals surface area contributed by atoms with Gasteiger partial charge >= 0.3 is 0 Å². The summed E-state index contributed by atoms with van der Waals surface area (Å²) in [6.45, 7) is 2.04. The zero-order valence-corrected chi connectivity index (χ0v) is 17.1. The normalized spacial score (nSPS) is 11.2. The third-order valence-corrected chi connectivity index (χ3v) is 6.04. The summed E-state index contributed by atoms with van der Waals surface area (Å²) in [6, 6.07) is 25.4. The van der Waals surface area contributed by atoms with Crippen molar-refractivity contribution in [1.29, 1.82) is 10.5 Å². The van der Waals surface area contributed by atoms with Crippen LogP contribution in [-0.2, 0) is 6.42 Å². The molecule has 1 heterocycles. The van der Waals surface area contributed by atoms with Crippen molar-refractivity contribution < 1.29 is 0 Å². The SMILES string of the molecule is CCc1cccc(-n2c(=C(C#N)C#N)s/c(=C/c3cccc4ccccc34)c2=O)c1. The van der Waals surface area contributed by atoms with Gasteiger partial charge in [-0.2, -0.15) is 10.5 Å². The number of nitriles is 2. The molecule has 0 saturated heterocycles. The van der Waals surface area contributed by atoms with E-state index in [-0.39, 0.29) is 11.1 Å². The minimum absolute atomic E-state index is 0.0726. The van der Waals surface area contributed by atoms with Crippen LogP contribution in [0.25, 0.3) is 28.1 Å². The minimum Gasteiger partial charge on any atom is -0.267 e. The van der Waals surface area contributed by atoms with Crippen molar-refractivity contribution in [2.24, 2.45) is 0 Å². The highest BCUT2D eigenvalue weighted by atomic mass is 32.1. The molecule has 3 aromatic carbocycles. The summed E-state index contributed by atoms with van der Waals surface area (Å²) in [5.41, 5.74) is 2.34. The number of hydrogen-bond acceptors (Lipinski definition) is 4. The van der Waals surface area contributed by atoms with E-state index in [1.807, 2.05) is 91.9 Å². The summed E-state index contributed by atoms with van der Waals surface area (Å²) in [7, 11) is 0. The first-order chi connectivity index (χ1) is 14.7. The van der Waals surface area contributed by atoms with Crippen LogP contribution in [-0.4, -0.2) is 4.57 Å². The van der Waals surface area contributed by atoms with Gasteiger partial charge in [-0.05, 0) is 46.5 Å². The molecule has 0 unspecified atom stereocenters. The second-order valence-corrected chi connectivity index (χ2v) is 7.78. The Balaban J connectivity index is 2.08. The number of fused-ring (bicyclic) bond motifs is 1. The van der Waals surface area contributed by atoms with Gasteiger partial charge in [-0.1, -0.05) is 61.5 Å². The standard InChI is InChI=1S/C25H17N3OS/c1-2-17-7-5-11-21(13-17)28-24(29)23(30-25(28)20(15-26)16-27)14-19-10-6-9-18-8-3-4-12-22(18)19/h3-14H,2H2,1H3/b23-14+. The molecule has 4 aromatic rings. The quantitative estimate of drug-likeness (QED) is 0.521. The molecule has 30 heavy (non-hydrogen) atoms. The van der Waals surface area contributed by atoms with E-state index in [0.29, 0.717) is 14.9 Å². The van der Waals surface area contributed by atoms with Gasteiger partial charge in [0.15, 0.2) is 5.57 Å². The Kier molecular flexibility index (Phi) is 5.30. The average molecular weight is 407 g/mol. The van der Waals surface area contributed by atoms with E-state index in [0.717, 1.165) is 28.3 Å². The maximum atomic E-state index is 13.4. The van der Waals surface area contributed by atoms with Crippen LogP contribution in [0.2, 0.25) is 0 Å². The van der Waals surface area contributed by atoms with E-state index in [1.165, 1.54) is 15.9 Å². The van der Waals surface area contributed by atoms with Crippen LogP contribution >= 0.6 is 11.3 Å². The molecule has 0 spiro atoms. The monoisotopic (exact) mass is 407 g/mol. The first-order valence-electron chi connectivity index (χ1n) is 9.51. The summed E-state index contributed by atoms with van der Waals surface area (Å²) in [4.78, 5) is 13.4. The zero-order chi connectivity index (χ0) is 21.1. The molecule has 0 aliphatic rings. The Morgan fingerprint density at radius 3 is 2.53 bits per heavy atom. The first kappa shape index (κ1) is 19.4. The van der Waals surface area contributed by atoms with E-state index in [2.05, 4.69) is 0 Å². The highest BCUT2D eigenvalue weighted by molar-refractivity contribution is 7.07. The van der Waals surface area contributed by atoms with E-state index in [1.54, 1.807) is 0 Å². The molecule has 1 aromatic heterocycles. The molecule has 0 amide bonds. The molecule has 0 atom stereocenters. The van der Waals surface area contributed by atoms with Crippen LogP contribution in [0.5, 0.6) is 0 Å². The fraction of sp³-hybridized carbons (Fsp3) is 0.0800. The predicted octanol–water partition coefficient (Wildman–Crippen LogP) is 3.64. The van der Waals surface area contributed by atoms with Crippen LogP contribution < -0.4 is 14.8 Å². The number of rotatable bonds is 3. The number of thiazole rings is 1. The van der Waals surface area contributed by atoms with Crippen molar-refractivity contribution in [2.45, 2.75) is 13.3 Å². The summed E-state index contributed by atoms with van der Waals surface area (Å²) >= 11 is 1.17. The van der Waals surface area contributed by atoms with Gasteiger partial charge < -0.3 is 0 Å². The van der Waals surface area contributed by atoms with Gasteiger partial charge in [0.25, 0.3) is 5.56 Å². The Labute approximate surface area is 177 Å². The van der Waals surface area contributed by atoms with Gasteiger partial charge in [0.1, 0.15) is 16.8 Å². The van der Waals surface area contributed by atoms with E-state index in [4.69, 9.17) is 0 Å². The molecule has 0 bridgehead atoms. The number of hydrogen-bond donors (Lipinski definition) is 0. The molecule has 0 aliphatic carbocycles. The summed E-state index contributed by atoms with van der Waals surface area (Å²) in [6.07, 6.45) is 2.66. The number of aromatic nitrogens is 1. The van der Waals surface area contributed by atoms with Crippen molar-refractivity contribution >= 4 is 33.8 Å². The van der Waals surface area contributed by atoms with Crippen LogP contribution in [0.4, 0.5) is 0 Å². The van der Waals surface area contributed by atoms with Gasteiger partial charge in [-0.25, -0.2) is 0 Å². The van der Waals surface area contributed by atoms with E-state index >= 15 is 0 Å². The molecule has 0 saturated carbocycles. The fourth-order valence-electron chi connectivity index (χ4n) is 3.44. The maximum Gasteiger partial charge on any atom is 0.273 e. The number of nitrogens with zero attached hydrogens (tertiary/aromatic N) is 3. The average Bonchev–Trinajstić information content (AvgIpc) is 3.10. The lowest BCUT2D eigenvalue weighted by atomic mass is 10.0. The summed E-state index contributed by atoms with van der Waals surface area (Å²) in [5, 5.41) is 21.0. The first-order valence-corrected chi connectivity index (χ1v) is 10.3. The molecule has 0 radical (unpaired) electrons. The van der Waals surface area contributed by atoms with Crippen LogP contribution in [0.15, 0.2) is 71.5 Å². The van der Waals surface area contributed by atoms with Gasteiger partial charge in [0.05, 0.1) is 10.2 Å². The Hall–Kier alpha value is -3.93. The molecule has 0 N–H and O–H groups in total. The second-order valence-electron chi connectivity index (χ2n) is 6.75. The third kappa shape index (κ3) is 3.43. The topological polar surface area (TPSA) is 69.6 Å². The lowest BCUT2D eigenvalue weighted by molar-refractivity contribution is 0.979. The molecule has 4 nitrogen and oxygen atoms in total. The number of aryl methyl sites for hydroxylation is 1. The van der Waals surface area contributed by atoms with E-state index in [9.17, 15) is 15.3 Å². The fourth-order valence-corrected chi connectivity index (χ4v) is 4.48. The lowest BCUT2D eigenvalue weighted by Gasteiger charge is -2.04. The van der Waals surface area contributed by atoms with Crippen molar-refractivity contribution in [2.75, 3.05) is 0 Å². The largest absolute Gasteiger partial charge is 0.273 e. The van der Waals surface area contributed by atoms with Gasteiger partial charge in [0, 0.05) is 0 Å². The van der Waals surface area contributed by atoms with Crippen molar-refractivity contribution in [3.8, 4) is 17.8 Å². The molecule has 0 fully saturated rings. The molecule has 144 valence electrons. The second kappa shape index (κ2) is 8.21. The minimum atomic E-state index is -0.237. The van der Waals surface area contributed by atoms with E-state index < -0.39 is 0 Å². The summed E-state index contributed by atoms with van der Waals surface area (Å²) in [5.74, 6) is 0. The van der Waals surface area contributed by atoms with Crippen molar-refractivity contribution in [3.05, 3.63) is 97.4 Å². The highest BCUT2D eigenvalue weighted by Crippen LogP contribution is 2.19. The van der Waals surface area contributed by atoms with Crippen molar-refractivity contribution in [3.63, 3.8) is 0 Å². The Morgan fingerprint density at radius 2 is 1.77 bits per heavy atom. The number of benzene rings is 3. The van der Waals surface area contributed by atoms with Crippen LogP contribution in [0.1, 0.15) is 18.1 Å². The molecular formula is C25H17N3OS. The smallest absolute Gasteiger partial charge is 0.267 e. The Morgan fingerprint density at radius 1 is 1.03 bits per heavy atom. The highest BCUT2D eigenvalue weighted by Gasteiger charge is 2.12. The molecule has 0 aliphatic heterocycles. The molecule has 4 rings (SSSR count). The molecular weight excluding hydrogens is 390 g/mol. The van der Waals surface area contributed by atoms with Crippen molar-refractivity contribution in [1.82, 2.24) is 4.57 Å². The van der Waals surface area contributed by atoms with Crippen LogP contribution in [0, 0.1) is 22.7 Å². The van der Waals surface area contributed by atoms with Crippen LogP contribution in [0.3, 0.4) is 0 Å². The van der Waals surface area contributed by atoms with Gasteiger partial charge in [-0.15, -0.1) is 11.3 Å². The van der Waals surface area contributed by atoms with Gasteiger partial charge in [0.2, 0.25) is 0 Å².